The summed E-state index contributed by atoms with van der Waals surface area (Å²) in [4.78, 5) is 2.29. The Morgan fingerprint density at radius 1 is 1.56 bits per heavy atom. The normalized spacial score (nSPS) is 23.8. The monoisotopic (exact) mass is 264 g/mol. The highest BCUT2D eigenvalue weighted by molar-refractivity contribution is 6.33. The van der Waals surface area contributed by atoms with E-state index >= 15 is 0 Å². The van der Waals surface area contributed by atoms with Gasteiger partial charge < -0.3 is 9.64 Å². The van der Waals surface area contributed by atoms with E-state index in [0.29, 0.717) is 16.6 Å². The molecule has 4 heteroatoms. The molecule has 18 heavy (non-hydrogen) atoms. The molecule has 0 aromatic heterocycles. The number of benzene rings is 1. The van der Waals surface area contributed by atoms with Crippen molar-refractivity contribution in [1.82, 2.24) is 0 Å². The highest BCUT2D eigenvalue weighted by Crippen LogP contribution is 2.31. The number of halogens is 1. The standard InChI is InChI=1S/C14H17ClN2O/c1-3-12-9-18-10(2)8-17(12)14-5-4-11(7-16)6-13(14)15/h4-6,10,12H,3,8-9H2,1-2H3. The van der Waals surface area contributed by atoms with Crippen LogP contribution in [0.1, 0.15) is 25.8 Å². The minimum absolute atomic E-state index is 0.208. The van der Waals surface area contributed by atoms with Crippen molar-refractivity contribution in [2.24, 2.45) is 0 Å². The molecule has 2 unspecified atom stereocenters. The van der Waals surface area contributed by atoms with E-state index in [1.165, 1.54) is 0 Å². The first-order chi connectivity index (χ1) is 8.65. The molecule has 2 rings (SSSR count). The third-order valence-corrected chi connectivity index (χ3v) is 3.63. The van der Waals surface area contributed by atoms with Crippen LogP contribution in [0.4, 0.5) is 5.69 Å². The van der Waals surface area contributed by atoms with Crippen molar-refractivity contribution in [3.05, 3.63) is 28.8 Å². The molecule has 1 saturated heterocycles. The van der Waals surface area contributed by atoms with E-state index in [2.05, 4.69) is 24.8 Å². The molecule has 3 nitrogen and oxygen atoms in total. The maximum absolute atomic E-state index is 8.86. The van der Waals surface area contributed by atoms with Gasteiger partial charge in [-0.2, -0.15) is 5.26 Å². The van der Waals surface area contributed by atoms with Gasteiger partial charge in [-0.25, -0.2) is 0 Å². The average molecular weight is 265 g/mol. The Kier molecular flexibility index (Phi) is 4.11. The Morgan fingerprint density at radius 2 is 2.33 bits per heavy atom. The van der Waals surface area contributed by atoms with Crippen molar-refractivity contribution in [3.8, 4) is 6.07 Å². The molecule has 1 fully saturated rings. The third kappa shape index (κ3) is 2.60. The van der Waals surface area contributed by atoms with Crippen LogP contribution in [0.15, 0.2) is 18.2 Å². The molecule has 1 aromatic rings. The minimum Gasteiger partial charge on any atom is -0.375 e. The van der Waals surface area contributed by atoms with E-state index in [9.17, 15) is 0 Å². The first kappa shape index (κ1) is 13.2. The SMILES string of the molecule is CCC1COC(C)CN1c1ccc(C#N)cc1Cl. The van der Waals surface area contributed by atoms with E-state index in [0.717, 1.165) is 25.3 Å². The number of hydrogen-bond acceptors (Lipinski definition) is 3. The van der Waals surface area contributed by atoms with E-state index in [1.54, 1.807) is 6.07 Å². The molecule has 0 aliphatic carbocycles. The Hall–Kier alpha value is -1.24. The lowest BCUT2D eigenvalue weighted by atomic mass is 10.1. The molecule has 0 spiro atoms. The molecule has 1 aromatic carbocycles. The quantitative estimate of drug-likeness (QED) is 0.823. The van der Waals surface area contributed by atoms with E-state index in [-0.39, 0.29) is 6.10 Å². The zero-order valence-electron chi connectivity index (χ0n) is 10.7. The van der Waals surface area contributed by atoms with Crippen molar-refractivity contribution in [2.75, 3.05) is 18.1 Å². The van der Waals surface area contributed by atoms with Crippen molar-refractivity contribution in [2.45, 2.75) is 32.4 Å². The largest absolute Gasteiger partial charge is 0.375 e. The van der Waals surface area contributed by atoms with Crippen LogP contribution in [0.3, 0.4) is 0 Å². The van der Waals surface area contributed by atoms with Gasteiger partial charge in [0.05, 0.1) is 41.1 Å². The molecule has 1 aliphatic rings. The molecular formula is C14H17ClN2O. The predicted molar refractivity (Wildman–Crippen MR) is 73.0 cm³/mol. The van der Waals surface area contributed by atoms with Crippen molar-refractivity contribution in [1.29, 1.82) is 5.26 Å². The average Bonchev–Trinajstić information content (AvgIpc) is 2.38. The van der Waals surface area contributed by atoms with Gasteiger partial charge in [0.1, 0.15) is 0 Å². The van der Waals surface area contributed by atoms with Crippen LogP contribution in [0.5, 0.6) is 0 Å². The van der Waals surface area contributed by atoms with Gasteiger partial charge in [0.2, 0.25) is 0 Å². The number of anilines is 1. The van der Waals surface area contributed by atoms with Crippen molar-refractivity contribution < 1.29 is 4.74 Å². The molecule has 0 bridgehead atoms. The smallest absolute Gasteiger partial charge is 0.0992 e. The van der Waals surface area contributed by atoms with Crippen LogP contribution in [-0.2, 0) is 4.74 Å². The minimum atomic E-state index is 0.208. The summed E-state index contributed by atoms with van der Waals surface area (Å²) in [5.41, 5.74) is 1.59. The van der Waals surface area contributed by atoms with Crippen molar-refractivity contribution in [3.63, 3.8) is 0 Å². The van der Waals surface area contributed by atoms with Gasteiger partial charge in [-0.15, -0.1) is 0 Å². The predicted octanol–water partition coefficient (Wildman–Crippen LogP) is 3.22. The summed E-state index contributed by atoms with van der Waals surface area (Å²) in [7, 11) is 0. The second kappa shape index (κ2) is 5.60. The lowest BCUT2D eigenvalue weighted by molar-refractivity contribution is 0.0300. The van der Waals surface area contributed by atoms with E-state index in [1.807, 2.05) is 12.1 Å². The van der Waals surface area contributed by atoms with Crippen LogP contribution >= 0.6 is 11.6 Å². The molecular weight excluding hydrogens is 248 g/mol. The van der Waals surface area contributed by atoms with Crippen LogP contribution < -0.4 is 4.90 Å². The van der Waals surface area contributed by atoms with Gasteiger partial charge in [-0.3, -0.25) is 0 Å². The second-order valence-electron chi connectivity index (χ2n) is 4.64. The summed E-state index contributed by atoms with van der Waals surface area (Å²) in [6.45, 7) is 5.78. The molecule has 0 radical (unpaired) electrons. The summed E-state index contributed by atoms with van der Waals surface area (Å²) in [5.74, 6) is 0. The number of morpholine rings is 1. The van der Waals surface area contributed by atoms with Crippen LogP contribution in [0.2, 0.25) is 5.02 Å². The Bertz CT molecular complexity index is 469. The summed E-state index contributed by atoms with van der Waals surface area (Å²) in [6, 6.07) is 7.93. The lowest BCUT2D eigenvalue weighted by Crippen LogP contribution is -2.48. The zero-order chi connectivity index (χ0) is 13.1. The maximum Gasteiger partial charge on any atom is 0.0992 e. The molecule has 2 atom stereocenters. The van der Waals surface area contributed by atoms with Gasteiger partial charge in [-0.1, -0.05) is 18.5 Å². The molecule has 1 heterocycles. The number of hydrogen-bond donors (Lipinski definition) is 0. The van der Waals surface area contributed by atoms with Crippen LogP contribution in [0, 0.1) is 11.3 Å². The summed E-state index contributed by atoms with van der Waals surface area (Å²) in [5, 5.41) is 9.50. The highest BCUT2D eigenvalue weighted by Gasteiger charge is 2.26. The fraction of sp³-hybridized carbons (Fsp3) is 0.500. The molecule has 96 valence electrons. The van der Waals surface area contributed by atoms with E-state index in [4.69, 9.17) is 21.6 Å². The molecule has 0 N–H and O–H groups in total. The van der Waals surface area contributed by atoms with Crippen molar-refractivity contribution >= 4 is 17.3 Å². The summed E-state index contributed by atoms with van der Waals surface area (Å²) < 4.78 is 5.68. The third-order valence-electron chi connectivity index (χ3n) is 3.33. The molecule has 0 saturated carbocycles. The fourth-order valence-corrected chi connectivity index (χ4v) is 2.58. The fourth-order valence-electron chi connectivity index (χ4n) is 2.29. The molecule has 1 aliphatic heterocycles. The van der Waals surface area contributed by atoms with Crippen LogP contribution in [-0.4, -0.2) is 25.3 Å². The lowest BCUT2D eigenvalue weighted by Gasteiger charge is -2.40. The molecule has 0 amide bonds. The van der Waals surface area contributed by atoms with Gasteiger partial charge in [0.15, 0.2) is 0 Å². The Morgan fingerprint density at radius 3 is 2.94 bits per heavy atom. The Balaban J connectivity index is 2.31. The number of rotatable bonds is 2. The Labute approximate surface area is 113 Å². The maximum atomic E-state index is 8.86. The van der Waals surface area contributed by atoms with Gasteiger partial charge in [-0.05, 0) is 31.5 Å². The number of nitrogens with zero attached hydrogens (tertiary/aromatic N) is 2. The first-order valence-electron chi connectivity index (χ1n) is 6.23. The first-order valence-corrected chi connectivity index (χ1v) is 6.61. The summed E-state index contributed by atoms with van der Waals surface area (Å²) in [6.07, 6.45) is 1.22. The van der Waals surface area contributed by atoms with Gasteiger partial charge in [0.25, 0.3) is 0 Å². The topological polar surface area (TPSA) is 36.3 Å². The number of nitriles is 1. The van der Waals surface area contributed by atoms with Gasteiger partial charge >= 0.3 is 0 Å². The van der Waals surface area contributed by atoms with Crippen LogP contribution in [0.25, 0.3) is 0 Å². The highest BCUT2D eigenvalue weighted by atomic mass is 35.5. The van der Waals surface area contributed by atoms with E-state index < -0.39 is 0 Å². The van der Waals surface area contributed by atoms with Gasteiger partial charge in [0, 0.05) is 6.54 Å². The summed E-state index contributed by atoms with van der Waals surface area (Å²) >= 11 is 6.28. The number of ether oxygens (including phenoxy) is 1. The zero-order valence-corrected chi connectivity index (χ0v) is 11.4. The second-order valence-corrected chi connectivity index (χ2v) is 5.04.